The predicted molar refractivity (Wildman–Crippen MR) is 63.2 cm³/mol. The number of rotatable bonds is 5. The molecule has 2 heterocycles. The number of aliphatic hydroxyl groups is 1. The molecule has 4 nitrogen and oxygen atoms in total. The van der Waals surface area contributed by atoms with Gasteiger partial charge in [0.1, 0.15) is 0 Å². The first-order chi connectivity index (χ1) is 7.75. The monoisotopic (exact) mass is 238 g/mol. The summed E-state index contributed by atoms with van der Waals surface area (Å²) in [7, 11) is 0. The van der Waals surface area contributed by atoms with Crippen molar-refractivity contribution < 1.29 is 9.52 Å². The number of thiazole rings is 1. The maximum Gasteiger partial charge on any atom is 0.162 e. The lowest BCUT2D eigenvalue weighted by atomic mass is 10.4. The van der Waals surface area contributed by atoms with Crippen LogP contribution < -0.4 is 5.32 Å². The molecule has 1 atom stereocenters. The summed E-state index contributed by atoms with van der Waals surface area (Å²) in [4.78, 5) is 4.43. The topological polar surface area (TPSA) is 58.3 Å². The van der Waals surface area contributed by atoms with Crippen LogP contribution in [0.15, 0.2) is 28.2 Å². The molecular formula is C11H14N2O2S. The molecule has 86 valence electrons. The van der Waals surface area contributed by atoms with E-state index >= 15 is 0 Å². The predicted octanol–water partition coefficient (Wildman–Crippen LogP) is 1.87. The van der Waals surface area contributed by atoms with Crippen molar-refractivity contribution in [3.05, 3.63) is 29.5 Å². The van der Waals surface area contributed by atoms with Gasteiger partial charge >= 0.3 is 0 Å². The molecule has 0 radical (unpaired) electrons. The summed E-state index contributed by atoms with van der Waals surface area (Å²) in [5.41, 5.74) is 0.969. The zero-order valence-corrected chi connectivity index (χ0v) is 9.83. The van der Waals surface area contributed by atoms with Crippen LogP contribution in [0.2, 0.25) is 0 Å². The maximum absolute atomic E-state index is 9.09. The van der Waals surface area contributed by atoms with Gasteiger partial charge in [0.25, 0.3) is 0 Å². The van der Waals surface area contributed by atoms with Gasteiger partial charge in [-0.3, -0.25) is 0 Å². The first-order valence-electron chi connectivity index (χ1n) is 5.13. The molecule has 0 spiro atoms. The molecule has 0 saturated carbocycles. The average molecular weight is 238 g/mol. The van der Waals surface area contributed by atoms with Gasteiger partial charge in [-0.25, -0.2) is 4.98 Å². The van der Waals surface area contributed by atoms with E-state index in [1.54, 1.807) is 24.5 Å². The third kappa shape index (κ3) is 2.91. The molecular weight excluding hydrogens is 224 g/mol. The first-order valence-corrected chi connectivity index (χ1v) is 6.00. The molecule has 0 aliphatic heterocycles. The van der Waals surface area contributed by atoms with Crippen molar-refractivity contribution in [3.8, 4) is 10.8 Å². The van der Waals surface area contributed by atoms with E-state index in [1.165, 1.54) is 0 Å². The molecule has 0 amide bonds. The lowest BCUT2D eigenvalue weighted by Gasteiger charge is -2.04. The second-order valence-corrected chi connectivity index (χ2v) is 4.46. The number of aliphatic hydroxyl groups excluding tert-OH is 1. The molecule has 0 fully saturated rings. The molecule has 16 heavy (non-hydrogen) atoms. The minimum absolute atomic E-state index is 0.330. The molecule has 5 heteroatoms. The second-order valence-electron chi connectivity index (χ2n) is 3.60. The van der Waals surface area contributed by atoms with Crippen LogP contribution in [0.3, 0.4) is 0 Å². The summed E-state index contributed by atoms with van der Waals surface area (Å²) in [6, 6.07) is 3.74. The van der Waals surface area contributed by atoms with Crippen LogP contribution >= 0.6 is 11.3 Å². The smallest absolute Gasteiger partial charge is 0.162 e. The molecule has 0 saturated heterocycles. The third-order valence-corrected chi connectivity index (χ3v) is 2.94. The lowest BCUT2D eigenvalue weighted by molar-refractivity contribution is 0.191. The fourth-order valence-corrected chi connectivity index (χ4v) is 2.10. The fraction of sp³-hybridized carbons (Fsp3) is 0.364. The Labute approximate surface area is 97.9 Å². The quantitative estimate of drug-likeness (QED) is 0.835. The molecule has 2 rings (SSSR count). The largest absolute Gasteiger partial charge is 0.462 e. The van der Waals surface area contributed by atoms with Crippen LogP contribution in [-0.2, 0) is 6.54 Å². The Balaban J connectivity index is 1.93. The van der Waals surface area contributed by atoms with E-state index in [0.717, 1.165) is 16.5 Å². The van der Waals surface area contributed by atoms with Gasteiger partial charge in [-0.1, -0.05) is 0 Å². The fourth-order valence-electron chi connectivity index (χ4n) is 1.31. The Kier molecular flexibility index (Phi) is 3.71. The van der Waals surface area contributed by atoms with Gasteiger partial charge in [-0.15, -0.1) is 11.3 Å². The van der Waals surface area contributed by atoms with E-state index in [0.29, 0.717) is 13.1 Å². The Morgan fingerprint density at radius 2 is 2.50 bits per heavy atom. The Bertz CT molecular complexity index is 423. The maximum atomic E-state index is 9.09. The van der Waals surface area contributed by atoms with Crippen molar-refractivity contribution in [1.82, 2.24) is 10.3 Å². The van der Waals surface area contributed by atoms with Gasteiger partial charge in [-0.2, -0.15) is 0 Å². The highest BCUT2D eigenvalue weighted by Gasteiger charge is 2.06. The minimum Gasteiger partial charge on any atom is -0.462 e. The Morgan fingerprint density at radius 1 is 1.62 bits per heavy atom. The highest BCUT2D eigenvalue weighted by Crippen LogP contribution is 2.23. The number of hydrogen-bond acceptors (Lipinski definition) is 5. The molecule has 2 N–H and O–H groups in total. The molecule has 0 aromatic carbocycles. The summed E-state index contributed by atoms with van der Waals surface area (Å²) in [5, 5.41) is 15.1. The van der Waals surface area contributed by atoms with E-state index in [9.17, 15) is 0 Å². The van der Waals surface area contributed by atoms with Gasteiger partial charge in [-0.05, 0) is 19.1 Å². The van der Waals surface area contributed by atoms with Crippen LogP contribution in [0, 0.1) is 0 Å². The Morgan fingerprint density at radius 3 is 3.19 bits per heavy atom. The van der Waals surface area contributed by atoms with Gasteiger partial charge in [0, 0.05) is 18.5 Å². The number of nitrogens with one attached hydrogen (secondary N) is 1. The zero-order chi connectivity index (χ0) is 11.4. The van der Waals surface area contributed by atoms with Crippen LogP contribution in [0.5, 0.6) is 0 Å². The zero-order valence-electron chi connectivity index (χ0n) is 9.01. The summed E-state index contributed by atoms with van der Waals surface area (Å²) in [5.74, 6) is 0.798. The first kappa shape index (κ1) is 11.3. The van der Waals surface area contributed by atoms with Crippen LogP contribution in [0.4, 0.5) is 0 Å². The highest BCUT2D eigenvalue weighted by atomic mass is 32.1. The SMILES string of the molecule is CC(O)CNCc1csc(-c2ccco2)n1. The molecule has 0 bridgehead atoms. The van der Waals surface area contributed by atoms with E-state index in [-0.39, 0.29) is 6.10 Å². The standard InChI is InChI=1S/C11H14N2O2S/c1-8(14)5-12-6-9-7-16-11(13-9)10-3-2-4-15-10/h2-4,7-8,12,14H,5-6H2,1H3. The normalized spacial score (nSPS) is 12.9. The molecule has 0 aliphatic rings. The van der Waals surface area contributed by atoms with Crippen molar-refractivity contribution in [1.29, 1.82) is 0 Å². The van der Waals surface area contributed by atoms with Crippen LogP contribution in [-0.4, -0.2) is 22.7 Å². The number of aromatic nitrogens is 1. The van der Waals surface area contributed by atoms with Gasteiger partial charge in [0.05, 0.1) is 18.1 Å². The second kappa shape index (κ2) is 5.25. The van der Waals surface area contributed by atoms with E-state index in [1.807, 2.05) is 17.5 Å². The summed E-state index contributed by atoms with van der Waals surface area (Å²) in [6.07, 6.45) is 1.31. The lowest BCUT2D eigenvalue weighted by Crippen LogP contribution is -2.23. The van der Waals surface area contributed by atoms with Crippen LogP contribution in [0.25, 0.3) is 10.8 Å². The van der Waals surface area contributed by atoms with Gasteiger partial charge < -0.3 is 14.8 Å². The molecule has 2 aromatic heterocycles. The van der Waals surface area contributed by atoms with Gasteiger partial charge in [0.15, 0.2) is 10.8 Å². The van der Waals surface area contributed by atoms with Gasteiger partial charge in [0.2, 0.25) is 0 Å². The molecule has 0 aliphatic carbocycles. The van der Waals surface area contributed by atoms with Crippen molar-refractivity contribution >= 4 is 11.3 Å². The van der Waals surface area contributed by atoms with Crippen molar-refractivity contribution in [2.45, 2.75) is 19.6 Å². The molecule has 1 unspecified atom stereocenters. The third-order valence-electron chi connectivity index (χ3n) is 2.03. The summed E-state index contributed by atoms with van der Waals surface area (Å²) >= 11 is 1.56. The summed E-state index contributed by atoms with van der Waals surface area (Å²) in [6.45, 7) is 3.00. The van der Waals surface area contributed by atoms with E-state index < -0.39 is 0 Å². The Hall–Kier alpha value is -1.17. The number of nitrogens with zero attached hydrogens (tertiary/aromatic N) is 1. The summed E-state index contributed by atoms with van der Waals surface area (Å²) < 4.78 is 5.26. The van der Waals surface area contributed by atoms with Crippen molar-refractivity contribution in [2.24, 2.45) is 0 Å². The van der Waals surface area contributed by atoms with Crippen molar-refractivity contribution in [2.75, 3.05) is 6.54 Å². The van der Waals surface area contributed by atoms with E-state index in [4.69, 9.17) is 9.52 Å². The van der Waals surface area contributed by atoms with Crippen molar-refractivity contribution in [3.63, 3.8) is 0 Å². The van der Waals surface area contributed by atoms with E-state index in [2.05, 4.69) is 10.3 Å². The average Bonchev–Trinajstić information content (AvgIpc) is 2.85. The number of furan rings is 1. The van der Waals surface area contributed by atoms with Crippen LogP contribution in [0.1, 0.15) is 12.6 Å². The minimum atomic E-state index is -0.330. The number of hydrogen-bond donors (Lipinski definition) is 2. The molecule has 2 aromatic rings. The highest BCUT2D eigenvalue weighted by molar-refractivity contribution is 7.13.